The van der Waals surface area contributed by atoms with Crippen LogP contribution in [0.4, 0.5) is 0 Å². The molecular formula is C12H23NO. The Balaban J connectivity index is 1.86. The molecule has 0 unspecified atom stereocenters. The largest absolute Gasteiger partial charge is 0.390 e. The van der Waals surface area contributed by atoms with Crippen molar-refractivity contribution in [3.05, 3.63) is 0 Å². The van der Waals surface area contributed by atoms with Crippen molar-refractivity contribution in [2.24, 2.45) is 5.41 Å². The Hall–Kier alpha value is -0.0800. The third kappa shape index (κ3) is 1.82. The van der Waals surface area contributed by atoms with Crippen LogP contribution in [0.2, 0.25) is 0 Å². The lowest BCUT2D eigenvalue weighted by molar-refractivity contribution is -0.138. The molecule has 2 nitrogen and oxygen atoms in total. The zero-order valence-electron chi connectivity index (χ0n) is 9.71. The van der Waals surface area contributed by atoms with Gasteiger partial charge in [-0.05, 0) is 65.0 Å². The number of aliphatic hydroxyl groups is 1. The van der Waals surface area contributed by atoms with Crippen LogP contribution in [0, 0.1) is 5.41 Å². The molecule has 0 aromatic heterocycles. The molecule has 2 rings (SSSR count). The minimum absolute atomic E-state index is 0.347. The predicted molar refractivity (Wildman–Crippen MR) is 58.2 cm³/mol. The maximum atomic E-state index is 9.79. The van der Waals surface area contributed by atoms with Crippen molar-refractivity contribution in [1.29, 1.82) is 0 Å². The van der Waals surface area contributed by atoms with Crippen molar-refractivity contribution in [1.82, 2.24) is 4.90 Å². The lowest BCUT2D eigenvalue weighted by atomic mass is 9.56. The number of hydrogen-bond donors (Lipinski definition) is 1. The first-order chi connectivity index (χ1) is 6.43. The van der Waals surface area contributed by atoms with Crippen LogP contribution in [-0.4, -0.2) is 34.7 Å². The summed E-state index contributed by atoms with van der Waals surface area (Å²) in [5.41, 5.74) is 0.162. The van der Waals surface area contributed by atoms with E-state index in [1.807, 2.05) is 6.92 Å². The Morgan fingerprint density at radius 2 is 1.64 bits per heavy atom. The van der Waals surface area contributed by atoms with Crippen LogP contribution in [0.25, 0.3) is 0 Å². The molecule has 14 heavy (non-hydrogen) atoms. The molecular weight excluding hydrogens is 174 g/mol. The molecule has 0 radical (unpaired) electrons. The summed E-state index contributed by atoms with van der Waals surface area (Å²) in [6.45, 7) is 8.98. The lowest BCUT2D eigenvalue weighted by Gasteiger charge is -2.56. The summed E-state index contributed by atoms with van der Waals surface area (Å²) in [6.07, 6.45) is 4.65. The van der Waals surface area contributed by atoms with Gasteiger partial charge < -0.3 is 10.0 Å². The van der Waals surface area contributed by atoms with E-state index in [1.54, 1.807) is 0 Å². The monoisotopic (exact) mass is 197 g/mol. The Kier molecular flexibility index (Phi) is 2.39. The average Bonchev–Trinajstić information content (AvgIpc) is 2.01. The molecule has 2 fully saturated rings. The summed E-state index contributed by atoms with van der Waals surface area (Å²) in [5.74, 6) is 0. The molecule has 0 aromatic rings. The van der Waals surface area contributed by atoms with Gasteiger partial charge in [0.2, 0.25) is 0 Å². The number of rotatable bonds is 1. The third-order valence-corrected chi connectivity index (χ3v) is 4.10. The summed E-state index contributed by atoms with van der Waals surface area (Å²) in [7, 11) is 0. The molecule has 2 aliphatic rings. The fourth-order valence-corrected chi connectivity index (χ4v) is 3.43. The van der Waals surface area contributed by atoms with Gasteiger partial charge in [-0.25, -0.2) is 0 Å². The predicted octanol–water partition coefficient (Wildman–Crippen LogP) is 2.02. The molecule has 82 valence electrons. The quantitative estimate of drug-likeness (QED) is 0.695. The molecule has 1 saturated heterocycles. The lowest BCUT2D eigenvalue weighted by Crippen LogP contribution is -2.55. The third-order valence-electron chi connectivity index (χ3n) is 4.10. The second-order valence-electron chi connectivity index (χ2n) is 5.98. The minimum Gasteiger partial charge on any atom is -0.390 e. The van der Waals surface area contributed by atoms with E-state index in [-0.39, 0.29) is 5.60 Å². The van der Waals surface area contributed by atoms with Gasteiger partial charge >= 0.3 is 0 Å². The van der Waals surface area contributed by atoms with E-state index in [2.05, 4.69) is 18.7 Å². The Morgan fingerprint density at radius 3 is 2.00 bits per heavy atom. The maximum Gasteiger partial charge on any atom is 0.0630 e. The van der Waals surface area contributed by atoms with Crippen molar-refractivity contribution in [2.45, 2.75) is 58.1 Å². The molecule has 1 heterocycles. The number of hydrogen-bond acceptors (Lipinski definition) is 2. The molecule has 1 N–H and O–H groups in total. The zero-order chi connectivity index (χ0) is 10.4. The van der Waals surface area contributed by atoms with E-state index in [1.165, 1.54) is 25.9 Å². The van der Waals surface area contributed by atoms with Gasteiger partial charge in [-0.2, -0.15) is 0 Å². The van der Waals surface area contributed by atoms with Crippen LogP contribution in [-0.2, 0) is 0 Å². The fraction of sp³-hybridized carbons (Fsp3) is 1.00. The molecule has 1 spiro atoms. The second-order valence-corrected chi connectivity index (χ2v) is 5.98. The summed E-state index contributed by atoms with van der Waals surface area (Å²) < 4.78 is 0. The van der Waals surface area contributed by atoms with E-state index in [4.69, 9.17) is 0 Å². The summed E-state index contributed by atoms with van der Waals surface area (Å²) in [5, 5.41) is 9.79. The smallest absolute Gasteiger partial charge is 0.0630 e. The summed E-state index contributed by atoms with van der Waals surface area (Å²) >= 11 is 0. The van der Waals surface area contributed by atoms with Crippen molar-refractivity contribution in [3.63, 3.8) is 0 Å². The van der Waals surface area contributed by atoms with E-state index in [0.29, 0.717) is 11.5 Å². The highest BCUT2D eigenvalue weighted by atomic mass is 16.3. The maximum absolute atomic E-state index is 9.79. The standard InChI is InChI=1S/C12H23NO/c1-10(2)13-6-4-12(5-7-13)8-11(3,14)9-12/h10,14H,4-9H2,1-3H3. The summed E-state index contributed by atoms with van der Waals surface area (Å²) in [4.78, 5) is 2.55. The number of likely N-dealkylation sites (tertiary alicyclic amines) is 1. The van der Waals surface area contributed by atoms with Gasteiger partial charge in [0.05, 0.1) is 5.60 Å². The normalized spacial score (nSPS) is 30.6. The fourth-order valence-electron chi connectivity index (χ4n) is 3.43. The average molecular weight is 197 g/mol. The van der Waals surface area contributed by atoms with Crippen molar-refractivity contribution < 1.29 is 5.11 Å². The van der Waals surface area contributed by atoms with Crippen LogP contribution >= 0.6 is 0 Å². The Morgan fingerprint density at radius 1 is 1.14 bits per heavy atom. The highest BCUT2D eigenvalue weighted by Crippen LogP contribution is 2.54. The van der Waals surface area contributed by atoms with Gasteiger partial charge in [-0.15, -0.1) is 0 Å². The molecule has 1 saturated carbocycles. The van der Waals surface area contributed by atoms with Crippen LogP contribution in [0.15, 0.2) is 0 Å². The Bertz CT molecular complexity index is 204. The van der Waals surface area contributed by atoms with Crippen LogP contribution in [0.3, 0.4) is 0 Å². The van der Waals surface area contributed by atoms with E-state index < -0.39 is 0 Å². The summed E-state index contributed by atoms with van der Waals surface area (Å²) in [6, 6.07) is 0.688. The van der Waals surface area contributed by atoms with Gasteiger partial charge in [0.1, 0.15) is 0 Å². The van der Waals surface area contributed by atoms with E-state index in [0.717, 1.165) is 12.8 Å². The highest BCUT2D eigenvalue weighted by molar-refractivity contribution is 5.03. The SMILES string of the molecule is CC(C)N1CCC2(CC1)CC(C)(O)C2. The van der Waals surface area contributed by atoms with Gasteiger partial charge in [0.25, 0.3) is 0 Å². The first-order valence-corrected chi connectivity index (χ1v) is 5.89. The number of nitrogens with zero attached hydrogens (tertiary/aromatic N) is 1. The molecule has 2 heteroatoms. The van der Waals surface area contributed by atoms with E-state index in [9.17, 15) is 5.11 Å². The van der Waals surface area contributed by atoms with Crippen molar-refractivity contribution in [2.75, 3.05) is 13.1 Å². The van der Waals surface area contributed by atoms with Gasteiger partial charge in [0.15, 0.2) is 0 Å². The van der Waals surface area contributed by atoms with Crippen LogP contribution in [0.5, 0.6) is 0 Å². The molecule has 1 aliphatic carbocycles. The zero-order valence-corrected chi connectivity index (χ0v) is 9.71. The molecule has 0 atom stereocenters. The van der Waals surface area contributed by atoms with Crippen molar-refractivity contribution in [3.8, 4) is 0 Å². The molecule has 0 bridgehead atoms. The Labute approximate surface area is 87.3 Å². The minimum atomic E-state index is -0.347. The van der Waals surface area contributed by atoms with Gasteiger partial charge in [-0.3, -0.25) is 0 Å². The molecule has 1 aliphatic heterocycles. The van der Waals surface area contributed by atoms with Crippen LogP contribution < -0.4 is 0 Å². The highest BCUT2D eigenvalue weighted by Gasteiger charge is 2.51. The second kappa shape index (κ2) is 3.21. The van der Waals surface area contributed by atoms with Crippen LogP contribution in [0.1, 0.15) is 46.5 Å². The molecule has 0 aromatic carbocycles. The first-order valence-electron chi connectivity index (χ1n) is 5.89. The van der Waals surface area contributed by atoms with Gasteiger partial charge in [0, 0.05) is 6.04 Å². The molecule has 0 amide bonds. The topological polar surface area (TPSA) is 23.5 Å². The number of piperidine rings is 1. The first kappa shape index (κ1) is 10.4. The van der Waals surface area contributed by atoms with Gasteiger partial charge in [-0.1, -0.05) is 0 Å². The van der Waals surface area contributed by atoms with E-state index >= 15 is 0 Å². The van der Waals surface area contributed by atoms with Crippen molar-refractivity contribution >= 4 is 0 Å².